The SMILES string of the molecule is CCNC(=NCC(C)(O)c1cc(C)oc1C)NCC1COc2ccccc2O1.I. The molecule has 0 spiro atoms. The molecule has 3 rings (SSSR count). The summed E-state index contributed by atoms with van der Waals surface area (Å²) in [4.78, 5) is 4.55. The quantitative estimate of drug-likeness (QED) is 0.312. The summed E-state index contributed by atoms with van der Waals surface area (Å²) in [5, 5.41) is 17.3. The maximum atomic E-state index is 10.9. The van der Waals surface area contributed by atoms with E-state index in [-0.39, 0.29) is 36.6 Å². The van der Waals surface area contributed by atoms with Crippen LogP contribution >= 0.6 is 24.0 Å². The van der Waals surface area contributed by atoms with Crippen LogP contribution in [-0.4, -0.2) is 43.4 Å². The van der Waals surface area contributed by atoms with Gasteiger partial charge in [-0.15, -0.1) is 24.0 Å². The second-order valence-electron chi connectivity index (χ2n) is 7.17. The van der Waals surface area contributed by atoms with Crippen LogP contribution in [0.15, 0.2) is 39.7 Å². The van der Waals surface area contributed by atoms with Crippen molar-refractivity contribution in [2.75, 3.05) is 26.2 Å². The molecule has 0 fully saturated rings. The molecule has 160 valence electrons. The number of fused-ring (bicyclic) bond motifs is 1. The molecule has 1 aromatic heterocycles. The highest BCUT2D eigenvalue weighted by Crippen LogP contribution is 2.30. The van der Waals surface area contributed by atoms with Gasteiger partial charge in [0.1, 0.15) is 29.8 Å². The molecule has 0 bridgehead atoms. The molecule has 0 saturated heterocycles. The van der Waals surface area contributed by atoms with E-state index in [1.807, 2.05) is 51.1 Å². The first-order valence-corrected chi connectivity index (χ1v) is 9.59. The molecule has 1 aliphatic heterocycles. The van der Waals surface area contributed by atoms with E-state index >= 15 is 0 Å². The number of benzene rings is 1. The molecular formula is C21H30IN3O4. The molecule has 8 heteroatoms. The fourth-order valence-electron chi connectivity index (χ4n) is 3.20. The Balaban J connectivity index is 0.00000300. The van der Waals surface area contributed by atoms with Crippen LogP contribution in [0.1, 0.15) is 30.9 Å². The molecule has 2 heterocycles. The summed E-state index contributed by atoms with van der Waals surface area (Å²) < 4.78 is 17.2. The molecule has 0 amide bonds. The molecular weight excluding hydrogens is 485 g/mol. The summed E-state index contributed by atoms with van der Waals surface area (Å²) in [5.41, 5.74) is -0.363. The van der Waals surface area contributed by atoms with Crippen LogP contribution in [-0.2, 0) is 5.60 Å². The van der Waals surface area contributed by atoms with Gasteiger partial charge in [0.15, 0.2) is 17.5 Å². The molecule has 0 aliphatic carbocycles. The van der Waals surface area contributed by atoms with Gasteiger partial charge in [-0.2, -0.15) is 0 Å². The van der Waals surface area contributed by atoms with Crippen molar-refractivity contribution in [2.24, 2.45) is 4.99 Å². The van der Waals surface area contributed by atoms with Crippen molar-refractivity contribution in [1.82, 2.24) is 10.6 Å². The maximum absolute atomic E-state index is 10.9. The number of halogens is 1. The Morgan fingerprint density at radius 1 is 1.24 bits per heavy atom. The zero-order valence-electron chi connectivity index (χ0n) is 17.3. The topological polar surface area (TPSA) is 88.3 Å². The van der Waals surface area contributed by atoms with E-state index in [1.54, 1.807) is 6.92 Å². The van der Waals surface area contributed by atoms with Crippen LogP contribution in [0.2, 0.25) is 0 Å². The molecule has 3 N–H and O–H groups in total. The largest absolute Gasteiger partial charge is 0.486 e. The van der Waals surface area contributed by atoms with Gasteiger partial charge < -0.3 is 29.6 Å². The average Bonchev–Trinajstić information content (AvgIpc) is 3.03. The number of para-hydroxylation sites is 2. The van der Waals surface area contributed by atoms with Crippen molar-refractivity contribution in [1.29, 1.82) is 0 Å². The second kappa shape index (κ2) is 10.2. The van der Waals surface area contributed by atoms with Crippen LogP contribution in [0, 0.1) is 13.8 Å². The summed E-state index contributed by atoms with van der Waals surface area (Å²) in [5.74, 6) is 3.61. The Bertz CT molecular complexity index is 835. The predicted octanol–water partition coefficient (Wildman–Crippen LogP) is 3.12. The van der Waals surface area contributed by atoms with E-state index in [0.29, 0.717) is 31.4 Å². The monoisotopic (exact) mass is 515 g/mol. The molecule has 0 saturated carbocycles. The standard InChI is InChI=1S/C21H29N3O4.HI/c1-5-22-20(24-13-21(4,25)17-10-14(2)27-15(17)3)23-11-16-12-26-18-8-6-7-9-19(18)28-16;/h6-10,16,25H,5,11-13H2,1-4H3,(H2,22,23,24);1H. The normalized spacial score (nSPS) is 17.8. The predicted molar refractivity (Wildman–Crippen MR) is 124 cm³/mol. The van der Waals surface area contributed by atoms with Gasteiger partial charge in [-0.25, -0.2) is 4.99 Å². The number of hydrogen-bond acceptors (Lipinski definition) is 5. The molecule has 2 unspecified atom stereocenters. The summed E-state index contributed by atoms with van der Waals surface area (Å²) in [7, 11) is 0. The van der Waals surface area contributed by atoms with Crippen LogP contribution in [0.5, 0.6) is 11.5 Å². The third kappa shape index (κ3) is 6.02. The van der Waals surface area contributed by atoms with Crippen molar-refractivity contribution in [2.45, 2.75) is 39.4 Å². The number of aliphatic hydroxyl groups is 1. The van der Waals surface area contributed by atoms with E-state index < -0.39 is 5.60 Å². The lowest BCUT2D eigenvalue weighted by molar-refractivity contribution is 0.0656. The molecule has 7 nitrogen and oxygen atoms in total. The van der Waals surface area contributed by atoms with Gasteiger partial charge in [-0.05, 0) is 45.9 Å². The van der Waals surface area contributed by atoms with Crippen molar-refractivity contribution in [3.8, 4) is 11.5 Å². The Kier molecular flexibility index (Phi) is 8.21. The minimum atomic E-state index is -1.12. The van der Waals surface area contributed by atoms with Crippen molar-refractivity contribution in [3.63, 3.8) is 0 Å². The third-order valence-corrected chi connectivity index (χ3v) is 4.58. The zero-order valence-corrected chi connectivity index (χ0v) is 19.7. The summed E-state index contributed by atoms with van der Waals surface area (Å²) in [6.07, 6.45) is -0.127. The number of guanidine groups is 1. The maximum Gasteiger partial charge on any atom is 0.191 e. The first kappa shape index (κ1) is 23.3. The highest BCUT2D eigenvalue weighted by molar-refractivity contribution is 14.0. The lowest BCUT2D eigenvalue weighted by Crippen LogP contribution is -2.46. The van der Waals surface area contributed by atoms with Gasteiger partial charge >= 0.3 is 0 Å². The lowest BCUT2D eigenvalue weighted by Gasteiger charge is -2.27. The first-order valence-electron chi connectivity index (χ1n) is 9.59. The number of hydrogen-bond donors (Lipinski definition) is 3. The Morgan fingerprint density at radius 2 is 1.97 bits per heavy atom. The van der Waals surface area contributed by atoms with Gasteiger partial charge in [0.05, 0.1) is 13.1 Å². The first-order chi connectivity index (χ1) is 13.4. The van der Waals surface area contributed by atoms with Gasteiger partial charge in [0, 0.05) is 12.1 Å². The van der Waals surface area contributed by atoms with Gasteiger partial charge in [-0.1, -0.05) is 12.1 Å². The highest BCUT2D eigenvalue weighted by Gasteiger charge is 2.28. The smallest absolute Gasteiger partial charge is 0.191 e. The molecule has 1 aliphatic rings. The number of furan rings is 1. The number of ether oxygens (including phenoxy) is 2. The lowest BCUT2D eigenvalue weighted by atomic mass is 9.96. The number of nitrogens with zero attached hydrogens (tertiary/aromatic N) is 1. The molecule has 1 aromatic carbocycles. The van der Waals surface area contributed by atoms with E-state index in [2.05, 4.69) is 15.6 Å². The van der Waals surface area contributed by atoms with Crippen LogP contribution in [0.3, 0.4) is 0 Å². The Labute approximate surface area is 188 Å². The summed E-state index contributed by atoms with van der Waals surface area (Å²) in [6, 6.07) is 9.49. The van der Waals surface area contributed by atoms with Crippen LogP contribution in [0.4, 0.5) is 0 Å². The minimum absolute atomic E-state index is 0. The Morgan fingerprint density at radius 3 is 2.62 bits per heavy atom. The highest BCUT2D eigenvalue weighted by atomic mass is 127. The third-order valence-electron chi connectivity index (χ3n) is 4.58. The number of rotatable bonds is 6. The van der Waals surface area contributed by atoms with Crippen molar-refractivity contribution in [3.05, 3.63) is 47.4 Å². The van der Waals surface area contributed by atoms with Crippen LogP contribution in [0.25, 0.3) is 0 Å². The molecule has 0 radical (unpaired) electrons. The number of nitrogens with one attached hydrogen (secondary N) is 2. The Hall–Kier alpha value is -1.94. The van der Waals surface area contributed by atoms with Crippen molar-refractivity contribution < 1.29 is 19.0 Å². The van der Waals surface area contributed by atoms with E-state index in [4.69, 9.17) is 13.9 Å². The van der Waals surface area contributed by atoms with Crippen LogP contribution < -0.4 is 20.1 Å². The van der Waals surface area contributed by atoms with Gasteiger partial charge in [0.25, 0.3) is 0 Å². The summed E-state index contributed by atoms with van der Waals surface area (Å²) in [6.45, 7) is 9.37. The molecule has 2 aromatic rings. The average molecular weight is 515 g/mol. The van der Waals surface area contributed by atoms with Gasteiger partial charge in [-0.3, -0.25) is 0 Å². The van der Waals surface area contributed by atoms with E-state index in [0.717, 1.165) is 22.8 Å². The molecule has 2 atom stereocenters. The number of aliphatic imine (C=N–C) groups is 1. The fourth-order valence-corrected chi connectivity index (χ4v) is 3.20. The molecule has 29 heavy (non-hydrogen) atoms. The minimum Gasteiger partial charge on any atom is -0.486 e. The van der Waals surface area contributed by atoms with E-state index in [9.17, 15) is 5.11 Å². The van der Waals surface area contributed by atoms with E-state index in [1.165, 1.54) is 0 Å². The zero-order chi connectivity index (χ0) is 20.1. The fraction of sp³-hybridized carbons (Fsp3) is 0.476. The van der Waals surface area contributed by atoms with Crippen molar-refractivity contribution >= 4 is 29.9 Å². The second-order valence-corrected chi connectivity index (χ2v) is 7.17. The number of aryl methyl sites for hydroxylation is 2. The van der Waals surface area contributed by atoms with Gasteiger partial charge in [0.2, 0.25) is 0 Å². The summed E-state index contributed by atoms with van der Waals surface area (Å²) >= 11 is 0.